The molecule has 0 saturated carbocycles. The maximum atomic E-state index is 5.64. The van der Waals surface area contributed by atoms with Crippen molar-refractivity contribution in [1.29, 1.82) is 0 Å². The predicted molar refractivity (Wildman–Crippen MR) is 64.0 cm³/mol. The standard InChI is InChI=1S/C11H15N5O/c1-4-6-10(15(2)3)17-16-11-9(13-14-16)7-5-8-12-11/h5-8H,4H2,1-3H3. The molecule has 6 heteroatoms. The topological polar surface area (TPSA) is 56.1 Å². The van der Waals surface area contributed by atoms with Crippen molar-refractivity contribution in [1.82, 2.24) is 25.0 Å². The Morgan fingerprint density at radius 1 is 1.53 bits per heavy atom. The summed E-state index contributed by atoms with van der Waals surface area (Å²) in [6.45, 7) is 2.05. The van der Waals surface area contributed by atoms with Crippen LogP contribution < -0.4 is 4.84 Å². The van der Waals surface area contributed by atoms with Gasteiger partial charge in [-0.1, -0.05) is 11.8 Å². The molecule has 0 aliphatic rings. The van der Waals surface area contributed by atoms with Crippen molar-refractivity contribution in [2.45, 2.75) is 13.3 Å². The summed E-state index contributed by atoms with van der Waals surface area (Å²) in [7, 11) is 3.82. The minimum absolute atomic E-state index is 0.608. The van der Waals surface area contributed by atoms with Crippen LogP contribution in [0, 0.1) is 0 Å². The first-order valence-electron chi connectivity index (χ1n) is 5.44. The zero-order valence-electron chi connectivity index (χ0n) is 10.2. The second kappa shape index (κ2) is 4.82. The van der Waals surface area contributed by atoms with E-state index in [-0.39, 0.29) is 0 Å². The molecule has 2 aromatic heterocycles. The molecule has 0 atom stereocenters. The number of allylic oxidation sites excluding steroid dienone is 1. The number of hydrogen-bond donors (Lipinski definition) is 0. The first-order valence-corrected chi connectivity index (χ1v) is 5.44. The largest absolute Gasteiger partial charge is 0.347 e. The fourth-order valence-corrected chi connectivity index (χ4v) is 1.37. The zero-order valence-corrected chi connectivity index (χ0v) is 10.2. The molecule has 2 aromatic rings. The molecule has 0 spiro atoms. The SMILES string of the molecule is CCC=C(On1nnc2cccnc21)N(C)C. The van der Waals surface area contributed by atoms with E-state index in [0.717, 1.165) is 6.42 Å². The third-order valence-electron chi connectivity index (χ3n) is 2.18. The van der Waals surface area contributed by atoms with Gasteiger partial charge in [0, 0.05) is 20.3 Å². The van der Waals surface area contributed by atoms with Crippen LogP contribution in [0.1, 0.15) is 13.3 Å². The Balaban J connectivity index is 2.32. The lowest BCUT2D eigenvalue weighted by Gasteiger charge is -2.16. The van der Waals surface area contributed by atoms with Gasteiger partial charge in [-0.05, 0) is 29.8 Å². The summed E-state index contributed by atoms with van der Waals surface area (Å²) < 4.78 is 0. The fraction of sp³-hybridized carbons (Fsp3) is 0.364. The normalized spacial score (nSPS) is 11.8. The highest BCUT2D eigenvalue weighted by atomic mass is 16.7. The fourth-order valence-electron chi connectivity index (χ4n) is 1.37. The summed E-state index contributed by atoms with van der Waals surface area (Å²) in [5.74, 6) is 0.713. The van der Waals surface area contributed by atoms with Gasteiger partial charge in [-0.15, -0.1) is 5.10 Å². The number of aromatic nitrogens is 4. The average molecular weight is 233 g/mol. The summed E-state index contributed by atoms with van der Waals surface area (Å²) in [5.41, 5.74) is 1.32. The van der Waals surface area contributed by atoms with Crippen molar-refractivity contribution < 1.29 is 4.84 Å². The van der Waals surface area contributed by atoms with E-state index in [1.807, 2.05) is 44.1 Å². The Morgan fingerprint density at radius 2 is 2.35 bits per heavy atom. The Bertz CT molecular complexity index is 531. The molecule has 2 heterocycles. The van der Waals surface area contributed by atoms with E-state index in [1.165, 1.54) is 4.85 Å². The molecule has 0 aliphatic heterocycles. The molecule has 0 N–H and O–H groups in total. The van der Waals surface area contributed by atoms with Crippen molar-refractivity contribution in [3.63, 3.8) is 0 Å². The minimum atomic E-state index is 0.608. The quantitative estimate of drug-likeness (QED) is 0.739. The number of rotatable bonds is 4. The van der Waals surface area contributed by atoms with Crippen molar-refractivity contribution in [2.24, 2.45) is 0 Å². The summed E-state index contributed by atoms with van der Waals surface area (Å²) in [4.78, 5) is 13.0. The van der Waals surface area contributed by atoms with Crippen LogP contribution >= 0.6 is 0 Å². The summed E-state index contributed by atoms with van der Waals surface area (Å²) in [6.07, 6.45) is 4.54. The van der Waals surface area contributed by atoms with E-state index in [4.69, 9.17) is 4.84 Å². The van der Waals surface area contributed by atoms with E-state index in [1.54, 1.807) is 6.20 Å². The Hall–Kier alpha value is -2.11. The number of hydrogen-bond acceptors (Lipinski definition) is 5. The van der Waals surface area contributed by atoms with Crippen molar-refractivity contribution in [2.75, 3.05) is 14.1 Å². The lowest BCUT2D eigenvalue weighted by molar-refractivity contribution is 0.0962. The second-order valence-corrected chi connectivity index (χ2v) is 3.74. The van der Waals surface area contributed by atoms with Gasteiger partial charge in [-0.3, -0.25) is 0 Å². The van der Waals surface area contributed by atoms with Gasteiger partial charge in [0.05, 0.1) is 0 Å². The molecule has 0 aliphatic carbocycles. The van der Waals surface area contributed by atoms with Crippen LogP contribution in [0.2, 0.25) is 0 Å². The van der Waals surface area contributed by atoms with Crippen LogP contribution in [0.3, 0.4) is 0 Å². The van der Waals surface area contributed by atoms with Crippen molar-refractivity contribution >= 4 is 11.2 Å². The van der Waals surface area contributed by atoms with Gasteiger partial charge >= 0.3 is 0 Å². The lowest BCUT2D eigenvalue weighted by Crippen LogP contribution is -2.23. The van der Waals surface area contributed by atoms with E-state index >= 15 is 0 Å². The van der Waals surface area contributed by atoms with Gasteiger partial charge in [0.1, 0.15) is 5.52 Å². The molecule has 17 heavy (non-hydrogen) atoms. The molecular weight excluding hydrogens is 218 g/mol. The molecule has 2 rings (SSSR count). The van der Waals surface area contributed by atoms with Gasteiger partial charge < -0.3 is 9.74 Å². The predicted octanol–water partition coefficient (Wildman–Crippen LogP) is 1.07. The first kappa shape index (κ1) is 11.4. The third kappa shape index (κ3) is 2.35. The Kier molecular flexibility index (Phi) is 3.22. The third-order valence-corrected chi connectivity index (χ3v) is 2.18. The molecule has 0 saturated heterocycles. The number of pyridine rings is 1. The first-order chi connectivity index (χ1) is 8.22. The molecule has 90 valence electrons. The maximum absolute atomic E-state index is 5.64. The van der Waals surface area contributed by atoms with Gasteiger partial charge in [-0.2, -0.15) is 0 Å². The smallest absolute Gasteiger partial charge is 0.221 e. The highest BCUT2D eigenvalue weighted by Gasteiger charge is 2.09. The van der Waals surface area contributed by atoms with Crippen LogP contribution in [0.25, 0.3) is 11.2 Å². The van der Waals surface area contributed by atoms with Crippen LogP contribution in [-0.4, -0.2) is 39.1 Å². The maximum Gasteiger partial charge on any atom is 0.221 e. The van der Waals surface area contributed by atoms with Crippen LogP contribution in [-0.2, 0) is 0 Å². The van der Waals surface area contributed by atoms with Gasteiger partial charge in [0.15, 0.2) is 0 Å². The van der Waals surface area contributed by atoms with Crippen molar-refractivity contribution in [3.8, 4) is 0 Å². The average Bonchev–Trinajstić information content (AvgIpc) is 2.72. The van der Waals surface area contributed by atoms with E-state index < -0.39 is 0 Å². The minimum Gasteiger partial charge on any atom is -0.347 e. The molecule has 0 amide bonds. The van der Waals surface area contributed by atoms with Crippen LogP contribution in [0.4, 0.5) is 0 Å². The Labute approximate surface area is 99.5 Å². The van der Waals surface area contributed by atoms with Crippen molar-refractivity contribution in [3.05, 3.63) is 30.3 Å². The number of nitrogens with zero attached hydrogens (tertiary/aromatic N) is 5. The molecule has 6 nitrogen and oxygen atoms in total. The molecule has 0 fully saturated rings. The van der Waals surface area contributed by atoms with Gasteiger partial charge in [0.2, 0.25) is 11.5 Å². The van der Waals surface area contributed by atoms with Crippen LogP contribution in [0.15, 0.2) is 30.3 Å². The molecule has 0 unspecified atom stereocenters. The molecular formula is C11H15N5O. The summed E-state index contributed by atoms with van der Waals surface area (Å²) >= 11 is 0. The van der Waals surface area contributed by atoms with Crippen LogP contribution in [0.5, 0.6) is 0 Å². The summed E-state index contributed by atoms with van der Waals surface area (Å²) in [6, 6.07) is 3.66. The monoisotopic (exact) mass is 233 g/mol. The number of fused-ring (bicyclic) bond motifs is 1. The zero-order chi connectivity index (χ0) is 12.3. The lowest BCUT2D eigenvalue weighted by atomic mass is 10.4. The molecule has 0 radical (unpaired) electrons. The Morgan fingerprint density at radius 3 is 3.06 bits per heavy atom. The molecule has 0 aromatic carbocycles. The van der Waals surface area contributed by atoms with Gasteiger partial charge in [0.25, 0.3) is 0 Å². The highest BCUT2D eigenvalue weighted by Crippen LogP contribution is 2.07. The summed E-state index contributed by atoms with van der Waals surface area (Å²) in [5, 5.41) is 7.89. The van der Waals surface area contributed by atoms with E-state index in [9.17, 15) is 0 Å². The molecule has 0 bridgehead atoms. The highest BCUT2D eigenvalue weighted by molar-refractivity contribution is 5.68. The van der Waals surface area contributed by atoms with E-state index in [0.29, 0.717) is 17.0 Å². The second-order valence-electron chi connectivity index (χ2n) is 3.74. The van der Waals surface area contributed by atoms with E-state index in [2.05, 4.69) is 15.3 Å². The van der Waals surface area contributed by atoms with Gasteiger partial charge in [-0.25, -0.2) is 4.98 Å².